The molecule has 0 aliphatic heterocycles. The molecule has 0 aliphatic carbocycles. The molecule has 1 atom stereocenters. The van der Waals surface area contributed by atoms with Crippen molar-refractivity contribution in [2.45, 2.75) is 20.0 Å². The molecule has 27 heavy (non-hydrogen) atoms. The zero-order valence-corrected chi connectivity index (χ0v) is 14.9. The summed E-state index contributed by atoms with van der Waals surface area (Å²) in [7, 11) is 0. The molecule has 142 valence electrons. The third-order valence-electron chi connectivity index (χ3n) is 3.56. The maximum atomic E-state index is 13.5. The average Bonchev–Trinajstić information content (AvgIpc) is 2.66. The molecule has 2 aromatic rings. The Morgan fingerprint density at radius 3 is 2.37 bits per heavy atom. The number of para-hydroxylation sites is 1. The first-order valence-corrected chi connectivity index (χ1v) is 8.21. The largest absolute Gasteiger partial charge is 0.478 e. The Morgan fingerprint density at radius 2 is 1.70 bits per heavy atom. The second kappa shape index (κ2) is 9.33. The third kappa shape index (κ3) is 6.10. The number of amides is 3. The van der Waals surface area contributed by atoms with Crippen molar-refractivity contribution in [2.75, 3.05) is 6.54 Å². The summed E-state index contributed by atoms with van der Waals surface area (Å²) < 4.78 is 18.7. The number of carbonyl (C=O) groups is 3. The molecule has 0 radical (unpaired) electrons. The molecule has 0 spiro atoms. The molecule has 3 amide bonds. The monoisotopic (exact) mass is 373 g/mol. The molecule has 0 aliphatic rings. The van der Waals surface area contributed by atoms with Gasteiger partial charge in [0.25, 0.3) is 17.7 Å². The normalized spacial score (nSPS) is 11.2. The number of rotatable bonds is 6. The van der Waals surface area contributed by atoms with Crippen molar-refractivity contribution in [3.8, 4) is 5.75 Å². The Hall–Kier alpha value is -3.42. The lowest BCUT2D eigenvalue weighted by molar-refractivity contribution is -0.132. The smallest absolute Gasteiger partial charge is 0.279 e. The molecule has 0 aromatic heterocycles. The number of aryl methyl sites for hydroxylation is 1. The number of halogens is 1. The molecule has 7 nitrogen and oxygen atoms in total. The van der Waals surface area contributed by atoms with E-state index in [4.69, 9.17) is 4.74 Å². The van der Waals surface area contributed by atoms with Gasteiger partial charge in [0.05, 0.1) is 6.54 Å². The van der Waals surface area contributed by atoms with Crippen LogP contribution in [0.15, 0.2) is 48.5 Å². The summed E-state index contributed by atoms with van der Waals surface area (Å²) in [6, 6.07) is 12.5. The Morgan fingerprint density at radius 1 is 1.04 bits per heavy atom. The minimum atomic E-state index is -1.04. The summed E-state index contributed by atoms with van der Waals surface area (Å²) in [4.78, 5) is 35.5. The Kier molecular flexibility index (Phi) is 6.87. The van der Waals surface area contributed by atoms with Gasteiger partial charge in [0.2, 0.25) is 0 Å². The van der Waals surface area contributed by atoms with Crippen molar-refractivity contribution >= 4 is 17.7 Å². The van der Waals surface area contributed by atoms with E-state index in [0.717, 1.165) is 5.56 Å². The minimum Gasteiger partial charge on any atom is -0.478 e. The van der Waals surface area contributed by atoms with Crippen LogP contribution >= 0.6 is 0 Å². The molecule has 3 N–H and O–H groups in total. The van der Waals surface area contributed by atoms with Crippen LogP contribution in [0.2, 0.25) is 0 Å². The zero-order valence-electron chi connectivity index (χ0n) is 14.9. The summed E-state index contributed by atoms with van der Waals surface area (Å²) in [5, 5.41) is 2.44. The molecule has 0 saturated heterocycles. The van der Waals surface area contributed by atoms with Gasteiger partial charge in [-0.15, -0.1) is 0 Å². The molecule has 0 heterocycles. The van der Waals surface area contributed by atoms with Crippen LogP contribution in [0, 0.1) is 12.7 Å². The molecular weight excluding hydrogens is 353 g/mol. The molecule has 2 rings (SSSR count). The predicted molar refractivity (Wildman–Crippen MR) is 96.3 cm³/mol. The number of carbonyl (C=O) groups excluding carboxylic acids is 3. The second-order valence-electron chi connectivity index (χ2n) is 5.78. The summed E-state index contributed by atoms with van der Waals surface area (Å²) in [5.41, 5.74) is 5.74. The van der Waals surface area contributed by atoms with E-state index < -0.39 is 29.6 Å². The highest BCUT2D eigenvalue weighted by Crippen LogP contribution is 2.16. The maximum absolute atomic E-state index is 13.5. The van der Waals surface area contributed by atoms with E-state index in [0.29, 0.717) is 5.56 Å². The van der Waals surface area contributed by atoms with Crippen molar-refractivity contribution < 1.29 is 23.5 Å². The fraction of sp³-hybridized carbons (Fsp3) is 0.211. The molecule has 1 unspecified atom stereocenters. The number of ether oxygens (including phenoxy) is 1. The number of nitrogens with one attached hydrogen (secondary N) is 3. The van der Waals surface area contributed by atoms with Gasteiger partial charge < -0.3 is 10.1 Å². The molecule has 0 saturated carbocycles. The molecule has 0 fully saturated rings. The number of hydrazine groups is 1. The van der Waals surface area contributed by atoms with Crippen LogP contribution in [0.1, 0.15) is 22.8 Å². The Balaban J connectivity index is 1.74. The lowest BCUT2D eigenvalue weighted by Crippen LogP contribution is -2.50. The van der Waals surface area contributed by atoms with E-state index in [1.165, 1.54) is 25.1 Å². The zero-order chi connectivity index (χ0) is 19.8. The first-order valence-electron chi connectivity index (χ1n) is 8.21. The van der Waals surface area contributed by atoms with Crippen LogP contribution in [0.5, 0.6) is 5.75 Å². The predicted octanol–water partition coefficient (Wildman–Crippen LogP) is 1.48. The van der Waals surface area contributed by atoms with Crippen LogP contribution in [-0.4, -0.2) is 30.4 Å². The molecular formula is C19H20FN3O4. The molecule has 2 aromatic carbocycles. The van der Waals surface area contributed by atoms with Gasteiger partial charge in [-0.1, -0.05) is 29.8 Å². The van der Waals surface area contributed by atoms with Crippen LogP contribution in [0.4, 0.5) is 4.39 Å². The lowest BCUT2D eigenvalue weighted by atomic mass is 10.1. The van der Waals surface area contributed by atoms with E-state index in [-0.39, 0.29) is 12.3 Å². The van der Waals surface area contributed by atoms with E-state index in [2.05, 4.69) is 16.2 Å². The number of hydrogen-bond acceptors (Lipinski definition) is 4. The van der Waals surface area contributed by atoms with Gasteiger partial charge in [-0.05, 0) is 38.1 Å². The third-order valence-corrected chi connectivity index (χ3v) is 3.56. The van der Waals surface area contributed by atoms with Gasteiger partial charge in [-0.3, -0.25) is 25.2 Å². The lowest BCUT2D eigenvalue weighted by Gasteiger charge is -2.15. The van der Waals surface area contributed by atoms with Gasteiger partial charge >= 0.3 is 0 Å². The van der Waals surface area contributed by atoms with Crippen molar-refractivity contribution in [3.63, 3.8) is 0 Å². The second-order valence-corrected chi connectivity index (χ2v) is 5.78. The summed E-state index contributed by atoms with van der Waals surface area (Å²) in [6.07, 6.45) is -1.04. The van der Waals surface area contributed by atoms with E-state index in [1.807, 2.05) is 6.92 Å². The highest BCUT2D eigenvalue weighted by atomic mass is 19.1. The first kappa shape index (κ1) is 19.9. The van der Waals surface area contributed by atoms with E-state index in [9.17, 15) is 18.8 Å². The SMILES string of the molecule is Cc1ccc(C(=O)NCC(=O)NNC(=O)C(C)Oc2ccccc2F)cc1. The highest BCUT2D eigenvalue weighted by Gasteiger charge is 2.17. The van der Waals surface area contributed by atoms with Gasteiger partial charge in [-0.25, -0.2) is 4.39 Å². The summed E-state index contributed by atoms with van der Waals surface area (Å²) in [5.74, 6) is -2.37. The minimum absolute atomic E-state index is 0.0724. The molecule has 0 bridgehead atoms. The highest BCUT2D eigenvalue weighted by molar-refractivity contribution is 5.96. The Bertz CT molecular complexity index is 824. The van der Waals surface area contributed by atoms with Crippen molar-refractivity contribution in [3.05, 3.63) is 65.5 Å². The molecule has 8 heteroatoms. The van der Waals surface area contributed by atoms with Crippen LogP contribution in [-0.2, 0) is 9.59 Å². The maximum Gasteiger partial charge on any atom is 0.279 e. The van der Waals surface area contributed by atoms with Crippen LogP contribution in [0.3, 0.4) is 0 Å². The van der Waals surface area contributed by atoms with E-state index >= 15 is 0 Å². The fourth-order valence-corrected chi connectivity index (χ4v) is 2.03. The van der Waals surface area contributed by atoms with Gasteiger partial charge in [0.1, 0.15) is 0 Å². The van der Waals surface area contributed by atoms with Gasteiger partial charge in [0.15, 0.2) is 17.7 Å². The summed E-state index contributed by atoms with van der Waals surface area (Å²) in [6.45, 7) is 2.98. The van der Waals surface area contributed by atoms with Crippen LogP contribution < -0.4 is 20.9 Å². The van der Waals surface area contributed by atoms with Crippen molar-refractivity contribution in [1.29, 1.82) is 0 Å². The van der Waals surface area contributed by atoms with Crippen molar-refractivity contribution in [1.82, 2.24) is 16.2 Å². The quantitative estimate of drug-likeness (QED) is 0.668. The summed E-state index contributed by atoms with van der Waals surface area (Å²) >= 11 is 0. The van der Waals surface area contributed by atoms with Crippen LogP contribution in [0.25, 0.3) is 0 Å². The van der Waals surface area contributed by atoms with Crippen molar-refractivity contribution in [2.24, 2.45) is 0 Å². The number of benzene rings is 2. The fourth-order valence-electron chi connectivity index (χ4n) is 2.03. The number of hydrogen-bond donors (Lipinski definition) is 3. The average molecular weight is 373 g/mol. The van der Waals surface area contributed by atoms with Gasteiger partial charge in [-0.2, -0.15) is 0 Å². The Labute approximate surface area is 155 Å². The van der Waals surface area contributed by atoms with Gasteiger partial charge in [0, 0.05) is 5.56 Å². The standard InChI is InChI=1S/C19H20FN3O4/c1-12-7-9-14(10-8-12)19(26)21-11-17(24)22-23-18(25)13(2)27-16-6-4-3-5-15(16)20/h3-10,13H,11H2,1-2H3,(H,21,26)(H,22,24)(H,23,25). The topological polar surface area (TPSA) is 96.5 Å². The van der Waals surface area contributed by atoms with E-state index in [1.54, 1.807) is 30.3 Å². The first-order chi connectivity index (χ1) is 12.9.